The van der Waals surface area contributed by atoms with Gasteiger partial charge < -0.3 is 20.6 Å². The van der Waals surface area contributed by atoms with Gasteiger partial charge in [-0.15, -0.1) is 0 Å². The molecule has 0 fully saturated rings. The molecule has 2 atom stereocenters. The number of hydrogen-bond donors (Lipinski definition) is 4. The van der Waals surface area contributed by atoms with E-state index in [-0.39, 0.29) is 19.6 Å². The minimum absolute atomic E-state index is 0.101. The van der Waals surface area contributed by atoms with Gasteiger partial charge in [-0.2, -0.15) is 0 Å². The molecule has 0 aliphatic rings. The molecule has 1 rings (SSSR count). The highest BCUT2D eigenvalue weighted by atomic mass is 16.4. The Morgan fingerprint density at radius 2 is 2.05 bits per heavy atom. The Morgan fingerprint density at radius 3 is 2.58 bits per heavy atom. The van der Waals surface area contributed by atoms with Crippen LogP contribution >= 0.6 is 0 Å². The molecule has 5 nitrogen and oxygen atoms in total. The lowest BCUT2D eigenvalue weighted by molar-refractivity contribution is -0.138. The van der Waals surface area contributed by atoms with Crippen LogP contribution in [0, 0.1) is 13.8 Å². The van der Waals surface area contributed by atoms with Crippen LogP contribution in [-0.4, -0.2) is 40.5 Å². The number of nitrogens with one attached hydrogen (secondary N) is 1. The Bertz CT molecular complexity index is 433. The molecule has 0 aliphatic heterocycles. The Hall–Kier alpha value is -1.43. The van der Waals surface area contributed by atoms with Gasteiger partial charge >= 0.3 is 5.97 Å². The molecule has 0 spiro atoms. The number of carboxylic acid groups (broad SMARTS) is 1. The molecule has 0 saturated heterocycles. The fourth-order valence-corrected chi connectivity index (χ4v) is 2.11. The average molecular weight is 267 g/mol. The first-order chi connectivity index (χ1) is 8.95. The van der Waals surface area contributed by atoms with Gasteiger partial charge in [0, 0.05) is 12.6 Å². The van der Waals surface area contributed by atoms with Gasteiger partial charge in [-0.1, -0.05) is 23.8 Å². The number of aliphatic carboxylic acids is 1. The van der Waals surface area contributed by atoms with Crippen LogP contribution in [-0.2, 0) is 4.79 Å². The average Bonchev–Trinajstić information content (AvgIpc) is 2.33. The van der Waals surface area contributed by atoms with Crippen molar-refractivity contribution in [2.45, 2.75) is 32.4 Å². The Kier molecular flexibility index (Phi) is 5.95. The maximum atomic E-state index is 10.8. The van der Waals surface area contributed by atoms with Gasteiger partial charge in [0.2, 0.25) is 0 Å². The quantitative estimate of drug-likeness (QED) is 0.585. The lowest BCUT2D eigenvalue weighted by Gasteiger charge is -2.24. The van der Waals surface area contributed by atoms with E-state index in [0.29, 0.717) is 5.56 Å². The lowest BCUT2D eigenvalue weighted by atomic mass is 9.94. The highest BCUT2D eigenvalue weighted by Gasteiger charge is 2.24. The zero-order valence-electron chi connectivity index (χ0n) is 11.3. The van der Waals surface area contributed by atoms with Gasteiger partial charge in [0.15, 0.2) is 0 Å². The Labute approximate surface area is 112 Å². The van der Waals surface area contributed by atoms with Crippen molar-refractivity contribution >= 4 is 5.97 Å². The SMILES string of the molecule is Cc1ccc(C(O)C(CC(=O)O)NCCO)c(C)c1. The van der Waals surface area contributed by atoms with Crippen molar-refractivity contribution in [1.29, 1.82) is 0 Å². The Balaban J connectivity index is 2.90. The molecular formula is C14H21NO4. The first-order valence-corrected chi connectivity index (χ1v) is 6.27. The zero-order chi connectivity index (χ0) is 14.4. The van der Waals surface area contributed by atoms with Crippen LogP contribution < -0.4 is 5.32 Å². The summed E-state index contributed by atoms with van der Waals surface area (Å²) in [5.41, 5.74) is 2.72. The predicted molar refractivity (Wildman–Crippen MR) is 72.0 cm³/mol. The summed E-state index contributed by atoms with van der Waals surface area (Å²) in [5.74, 6) is -0.987. The number of aliphatic hydroxyl groups is 2. The van der Waals surface area contributed by atoms with Crippen LogP contribution in [0.15, 0.2) is 18.2 Å². The van der Waals surface area contributed by atoms with E-state index in [9.17, 15) is 9.90 Å². The maximum Gasteiger partial charge on any atom is 0.305 e. The molecule has 1 aromatic rings. The van der Waals surface area contributed by atoms with Crippen LogP contribution in [0.5, 0.6) is 0 Å². The van der Waals surface area contributed by atoms with E-state index in [1.165, 1.54) is 0 Å². The zero-order valence-corrected chi connectivity index (χ0v) is 11.3. The summed E-state index contributed by atoms with van der Waals surface area (Å²) in [6.07, 6.45) is -1.11. The highest BCUT2D eigenvalue weighted by Crippen LogP contribution is 2.23. The summed E-state index contributed by atoms with van der Waals surface area (Å²) in [7, 11) is 0. The summed E-state index contributed by atoms with van der Waals surface area (Å²) < 4.78 is 0. The minimum atomic E-state index is -0.987. The van der Waals surface area contributed by atoms with Gasteiger partial charge in [0.05, 0.1) is 19.1 Å². The fraction of sp³-hybridized carbons (Fsp3) is 0.500. The summed E-state index contributed by atoms with van der Waals surface area (Å²) in [6.45, 7) is 3.99. The van der Waals surface area contributed by atoms with Crippen LogP contribution in [0.1, 0.15) is 29.2 Å². The van der Waals surface area contributed by atoms with Crippen molar-refractivity contribution in [2.24, 2.45) is 0 Å². The molecule has 0 heterocycles. The Morgan fingerprint density at radius 1 is 1.37 bits per heavy atom. The number of carbonyl (C=O) groups is 1. The summed E-state index contributed by atoms with van der Waals surface area (Å²) in [4.78, 5) is 10.8. The molecule has 2 unspecified atom stereocenters. The van der Waals surface area contributed by atoms with Gasteiger partial charge in [-0.25, -0.2) is 0 Å². The largest absolute Gasteiger partial charge is 0.481 e. The molecule has 4 N–H and O–H groups in total. The topological polar surface area (TPSA) is 89.8 Å². The lowest BCUT2D eigenvalue weighted by Crippen LogP contribution is -2.38. The number of benzene rings is 1. The van der Waals surface area contributed by atoms with E-state index < -0.39 is 18.1 Å². The van der Waals surface area contributed by atoms with Crippen molar-refractivity contribution in [3.63, 3.8) is 0 Å². The number of hydrogen-bond acceptors (Lipinski definition) is 4. The summed E-state index contributed by atoms with van der Waals surface area (Å²) in [5, 5.41) is 30.9. The van der Waals surface area contributed by atoms with Crippen molar-refractivity contribution in [1.82, 2.24) is 5.32 Å². The number of rotatable bonds is 7. The molecule has 0 saturated carbocycles. The molecule has 1 aromatic carbocycles. The van der Waals surface area contributed by atoms with Crippen molar-refractivity contribution in [3.8, 4) is 0 Å². The van der Waals surface area contributed by atoms with Gasteiger partial charge in [-0.05, 0) is 25.0 Å². The third kappa shape index (κ3) is 4.63. The molecule has 19 heavy (non-hydrogen) atoms. The van der Waals surface area contributed by atoms with E-state index >= 15 is 0 Å². The number of aliphatic hydroxyl groups excluding tert-OH is 2. The molecule has 5 heteroatoms. The van der Waals surface area contributed by atoms with Gasteiger partial charge in [0.25, 0.3) is 0 Å². The summed E-state index contributed by atoms with van der Waals surface area (Å²) >= 11 is 0. The first kappa shape index (κ1) is 15.6. The second kappa shape index (κ2) is 7.23. The maximum absolute atomic E-state index is 10.8. The first-order valence-electron chi connectivity index (χ1n) is 6.27. The predicted octanol–water partition coefficient (Wildman–Crippen LogP) is 0.762. The molecule has 106 valence electrons. The van der Waals surface area contributed by atoms with E-state index in [0.717, 1.165) is 11.1 Å². The van der Waals surface area contributed by atoms with Crippen LogP contribution in [0.3, 0.4) is 0 Å². The third-order valence-corrected chi connectivity index (χ3v) is 3.04. The van der Waals surface area contributed by atoms with Crippen LogP contribution in [0.25, 0.3) is 0 Å². The molecule has 0 radical (unpaired) electrons. The van der Waals surface area contributed by atoms with E-state index in [4.69, 9.17) is 10.2 Å². The monoisotopic (exact) mass is 267 g/mol. The molecule has 0 bridgehead atoms. The van der Waals surface area contributed by atoms with Crippen molar-refractivity contribution < 1.29 is 20.1 Å². The third-order valence-electron chi connectivity index (χ3n) is 3.04. The minimum Gasteiger partial charge on any atom is -0.481 e. The van der Waals surface area contributed by atoms with Gasteiger partial charge in [-0.3, -0.25) is 4.79 Å². The fourth-order valence-electron chi connectivity index (χ4n) is 2.11. The normalized spacial score (nSPS) is 14.1. The molecule has 0 aliphatic carbocycles. The molecule has 0 aromatic heterocycles. The highest BCUT2D eigenvalue weighted by molar-refractivity contribution is 5.67. The standard InChI is InChI=1S/C14H21NO4/c1-9-3-4-11(10(2)7-9)14(19)12(8-13(17)18)15-5-6-16/h3-4,7,12,14-16,19H,5-6,8H2,1-2H3,(H,17,18). The van der Waals surface area contributed by atoms with E-state index in [1.807, 2.05) is 32.0 Å². The van der Waals surface area contributed by atoms with Crippen LogP contribution in [0.2, 0.25) is 0 Å². The molecule has 0 amide bonds. The smallest absolute Gasteiger partial charge is 0.305 e. The molecular weight excluding hydrogens is 246 g/mol. The second-order valence-corrected chi connectivity index (χ2v) is 4.69. The van der Waals surface area contributed by atoms with Crippen molar-refractivity contribution in [2.75, 3.05) is 13.2 Å². The van der Waals surface area contributed by atoms with E-state index in [2.05, 4.69) is 5.32 Å². The second-order valence-electron chi connectivity index (χ2n) is 4.69. The number of carboxylic acids is 1. The van der Waals surface area contributed by atoms with Crippen molar-refractivity contribution in [3.05, 3.63) is 34.9 Å². The van der Waals surface area contributed by atoms with Gasteiger partial charge in [0.1, 0.15) is 0 Å². The van der Waals surface area contributed by atoms with E-state index in [1.54, 1.807) is 0 Å². The number of aryl methyl sites for hydroxylation is 2. The summed E-state index contributed by atoms with van der Waals surface area (Å²) in [6, 6.07) is 5.02. The van der Waals surface area contributed by atoms with Crippen LogP contribution in [0.4, 0.5) is 0 Å².